The lowest BCUT2D eigenvalue weighted by molar-refractivity contribution is -0.131. The van der Waals surface area contributed by atoms with E-state index in [1.807, 2.05) is 11.9 Å². The van der Waals surface area contributed by atoms with Gasteiger partial charge in [0.15, 0.2) is 0 Å². The van der Waals surface area contributed by atoms with Gasteiger partial charge in [-0.15, -0.1) is 0 Å². The lowest BCUT2D eigenvalue weighted by atomic mass is 9.75. The molecule has 80 valence electrons. The fraction of sp³-hybridized carbons (Fsp3) is 0.917. The Morgan fingerprint density at radius 3 is 2.57 bits per heavy atom. The van der Waals surface area contributed by atoms with Gasteiger partial charge in [-0.1, -0.05) is 26.7 Å². The van der Waals surface area contributed by atoms with Crippen LogP contribution in [0.25, 0.3) is 0 Å². The minimum Gasteiger partial charge on any atom is -0.342 e. The molecule has 0 aromatic rings. The summed E-state index contributed by atoms with van der Waals surface area (Å²) in [5.74, 6) is 2.04. The topological polar surface area (TPSA) is 20.3 Å². The summed E-state index contributed by atoms with van der Waals surface area (Å²) < 4.78 is 0. The maximum atomic E-state index is 12.0. The monoisotopic (exact) mass is 195 g/mol. The summed E-state index contributed by atoms with van der Waals surface area (Å²) in [5.41, 5.74) is 0. The molecule has 3 unspecified atom stereocenters. The standard InChI is InChI=1S/C12H21NO/c1-8(2)11-9-6-4-5-7-10(9)12(14)13(11)3/h8-11H,4-7H2,1-3H3. The Balaban J connectivity index is 2.21. The van der Waals surface area contributed by atoms with Gasteiger partial charge in [-0.25, -0.2) is 0 Å². The van der Waals surface area contributed by atoms with Crippen molar-refractivity contribution < 1.29 is 4.79 Å². The lowest BCUT2D eigenvalue weighted by Gasteiger charge is -2.31. The number of likely N-dealkylation sites (tertiary alicyclic amines) is 1. The number of carbonyl (C=O) groups excluding carboxylic acids is 1. The molecule has 2 nitrogen and oxygen atoms in total. The van der Waals surface area contributed by atoms with Crippen molar-refractivity contribution >= 4 is 5.91 Å². The average molecular weight is 195 g/mol. The van der Waals surface area contributed by atoms with Crippen LogP contribution < -0.4 is 0 Å². The van der Waals surface area contributed by atoms with Crippen LogP contribution in [0.5, 0.6) is 0 Å². The van der Waals surface area contributed by atoms with E-state index >= 15 is 0 Å². The number of hydrogen-bond acceptors (Lipinski definition) is 1. The third kappa shape index (κ3) is 1.35. The maximum absolute atomic E-state index is 12.0. The number of nitrogens with zero attached hydrogens (tertiary/aromatic N) is 1. The molecule has 1 aliphatic carbocycles. The SMILES string of the molecule is CC(C)C1C2CCCCC2C(=O)N1C. The first-order chi connectivity index (χ1) is 6.63. The Kier molecular flexibility index (Phi) is 2.54. The van der Waals surface area contributed by atoms with Crippen molar-refractivity contribution in [3.63, 3.8) is 0 Å². The van der Waals surface area contributed by atoms with Crippen molar-refractivity contribution in [2.24, 2.45) is 17.8 Å². The van der Waals surface area contributed by atoms with Crippen LogP contribution >= 0.6 is 0 Å². The molecule has 3 atom stereocenters. The fourth-order valence-corrected chi connectivity index (χ4v) is 3.51. The van der Waals surface area contributed by atoms with E-state index in [4.69, 9.17) is 0 Å². The number of fused-ring (bicyclic) bond motifs is 1. The van der Waals surface area contributed by atoms with Gasteiger partial charge in [0.1, 0.15) is 0 Å². The van der Waals surface area contributed by atoms with Crippen LogP contribution in [0.4, 0.5) is 0 Å². The zero-order valence-corrected chi connectivity index (χ0v) is 9.49. The highest BCUT2D eigenvalue weighted by Gasteiger charge is 2.47. The van der Waals surface area contributed by atoms with Gasteiger partial charge >= 0.3 is 0 Å². The molecule has 1 heterocycles. The number of amides is 1. The Morgan fingerprint density at radius 1 is 1.29 bits per heavy atom. The van der Waals surface area contributed by atoms with E-state index in [0.29, 0.717) is 29.7 Å². The smallest absolute Gasteiger partial charge is 0.226 e. The highest BCUT2D eigenvalue weighted by molar-refractivity contribution is 5.82. The molecule has 0 bridgehead atoms. The lowest BCUT2D eigenvalue weighted by Crippen LogP contribution is -2.36. The van der Waals surface area contributed by atoms with Crippen molar-refractivity contribution in [2.75, 3.05) is 7.05 Å². The molecule has 0 aromatic heterocycles. The Hall–Kier alpha value is -0.530. The summed E-state index contributed by atoms with van der Waals surface area (Å²) in [6.45, 7) is 4.48. The van der Waals surface area contributed by atoms with Crippen molar-refractivity contribution in [2.45, 2.75) is 45.6 Å². The first kappa shape index (κ1) is 10.0. The summed E-state index contributed by atoms with van der Waals surface area (Å²) in [6, 6.07) is 0.507. The second-order valence-corrected chi connectivity index (χ2v) is 5.24. The summed E-state index contributed by atoms with van der Waals surface area (Å²) in [4.78, 5) is 14.0. The molecule has 0 spiro atoms. The normalized spacial score (nSPS) is 37.9. The molecule has 1 saturated carbocycles. The predicted molar refractivity (Wildman–Crippen MR) is 56.8 cm³/mol. The molecule has 1 aliphatic heterocycles. The fourth-order valence-electron chi connectivity index (χ4n) is 3.51. The number of carbonyl (C=O) groups is 1. The summed E-state index contributed by atoms with van der Waals surface area (Å²) >= 11 is 0. The second-order valence-electron chi connectivity index (χ2n) is 5.24. The molecule has 0 aromatic carbocycles. The van der Waals surface area contributed by atoms with E-state index in [-0.39, 0.29) is 0 Å². The van der Waals surface area contributed by atoms with Gasteiger partial charge in [-0.2, -0.15) is 0 Å². The van der Waals surface area contributed by atoms with Gasteiger partial charge in [0.2, 0.25) is 5.91 Å². The largest absolute Gasteiger partial charge is 0.342 e. The first-order valence-electron chi connectivity index (χ1n) is 5.89. The Bertz CT molecular complexity index is 236. The van der Waals surface area contributed by atoms with Crippen molar-refractivity contribution in [1.82, 2.24) is 4.90 Å². The second kappa shape index (κ2) is 3.56. The highest BCUT2D eigenvalue weighted by atomic mass is 16.2. The van der Waals surface area contributed by atoms with E-state index in [1.165, 1.54) is 19.3 Å². The van der Waals surface area contributed by atoms with E-state index in [1.54, 1.807) is 0 Å². The zero-order valence-electron chi connectivity index (χ0n) is 9.49. The molecule has 14 heavy (non-hydrogen) atoms. The molecule has 1 saturated heterocycles. The summed E-state index contributed by atoms with van der Waals surface area (Å²) in [7, 11) is 1.99. The van der Waals surface area contributed by atoms with Gasteiger partial charge in [0, 0.05) is 19.0 Å². The van der Waals surface area contributed by atoms with Gasteiger partial charge in [0.05, 0.1) is 0 Å². The molecule has 0 radical (unpaired) electrons. The number of hydrogen-bond donors (Lipinski definition) is 0. The van der Waals surface area contributed by atoms with Gasteiger partial charge in [0.25, 0.3) is 0 Å². The van der Waals surface area contributed by atoms with Crippen LogP contribution in [0, 0.1) is 17.8 Å². The molecule has 0 N–H and O–H groups in total. The van der Waals surface area contributed by atoms with Gasteiger partial charge in [-0.05, 0) is 24.7 Å². The van der Waals surface area contributed by atoms with E-state index < -0.39 is 0 Å². The average Bonchev–Trinajstić information content (AvgIpc) is 2.41. The van der Waals surface area contributed by atoms with Gasteiger partial charge < -0.3 is 4.90 Å². The van der Waals surface area contributed by atoms with Crippen LogP contribution in [0.15, 0.2) is 0 Å². The minimum atomic E-state index is 0.362. The van der Waals surface area contributed by atoms with Crippen LogP contribution in [-0.2, 0) is 4.79 Å². The van der Waals surface area contributed by atoms with Crippen LogP contribution in [0.3, 0.4) is 0 Å². The molecular weight excluding hydrogens is 174 g/mol. The van der Waals surface area contributed by atoms with Crippen LogP contribution in [-0.4, -0.2) is 23.9 Å². The molecule has 2 heteroatoms. The molecular formula is C12H21NO. The predicted octanol–water partition coefficient (Wildman–Crippen LogP) is 2.29. The summed E-state index contributed by atoms with van der Waals surface area (Å²) in [5, 5.41) is 0. The van der Waals surface area contributed by atoms with Crippen molar-refractivity contribution in [1.29, 1.82) is 0 Å². The summed E-state index contributed by atoms with van der Waals surface area (Å²) in [6.07, 6.45) is 4.98. The molecule has 2 rings (SSSR count). The van der Waals surface area contributed by atoms with Crippen LogP contribution in [0.2, 0.25) is 0 Å². The van der Waals surface area contributed by atoms with Crippen molar-refractivity contribution in [3.8, 4) is 0 Å². The third-order valence-electron chi connectivity index (χ3n) is 4.05. The van der Waals surface area contributed by atoms with E-state index in [9.17, 15) is 4.79 Å². The highest BCUT2D eigenvalue weighted by Crippen LogP contribution is 2.42. The van der Waals surface area contributed by atoms with E-state index in [2.05, 4.69) is 13.8 Å². The van der Waals surface area contributed by atoms with E-state index in [0.717, 1.165) is 6.42 Å². The van der Waals surface area contributed by atoms with Gasteiger partial charge in [-0.3, -0.25) is 4.79 Å². The Labute approximate surface area is 86.7 Å². The maximum Gasteiger partial charge on any atom is 0.226 e. The van der Waals surface area contributed by atoms with Crippen molar-refractivity contribution in [3.05, 3.63) is 0 Å². The minimum absolute atomic E-state index is 0.362. The quantitative estimate of drug-likeness (QED) is 0.628. The molecule has 2 fully saturated rings. The molecule has 1 amide bonds. The van der Waals surface area contributed by atoms with Crippen LogP contribution in [0.1, 0.15) is 39.5 Å². The Morgan fingerprint density at radius 2 is 1.93 bits per heavy atom. The first-order valence-corrected chi connectivity index (χ1v) is 5.89. The number of rotatable bonds is 1. The molecule has 2 aliphatic rings. The third-order valence-corrected chi connectivity index (χ3v) is 4.05. The zero-order chi connectivity index (χ0) is 10.3.